The molecule has 0 aliphatic carbocycles. The van der Waals surface area contributed by atoms with E-state index in [4.69, 9.17) is 4.12 Å². The minimum absolute atomic E-state index is 0.0405. The molecule has 1 aromatic heterocycles. The average molecular weight is 880 g/mol. The van der Waals surface area contributed by atoms with Gasteiger partial charge in [-0.2, -0.15) is 0 Å². The highest BCUT2D eigenvalue weighted by Crippen LogP contribution is 2.27. The first-order valence-electron chi connectivity index (χ1n) is 22.7. The van der Waals surface area contributed by atoms with E-state index < -0.39 is 16.6 Å². The van der Waals surface area contributed by atoms with Gasteiger partial charge in [-0.05, 0) is 70.2 Å². The minimum atomic E-state index is -1.54. The lowest BCUT2D eigenvalue weighted by atomic mass is 10.1. The Labute approximate surface area is 352 Å². The molecule has 0 spiro atoms. The van der Waals surface area contributed by atoms with Crippen LogP contribution < -0.4 is 0 Å². The second-order valence-electron chi connectivity index (χ2n) is 18.7. The number of rotatable bonds is 37. The van der Waals surface area contributed by atoms with Crippen LogP contribution in [0.5, 0.6) is 0 Å². The molecule has 8 radical (unpaired) electrons. The van der Waals surface area contributed by atoms with Crippen LogP contribution in [-0.2, 0) is 10.5 Å². The molecule has 0 atom stereocenters. The summed E-state index contributed by atoms with van der Waals surface area (Å²) >= 11 is 1.98. The summed E-state index contributed by atoms with van der Waals surface area (Å²) in [5, 5.41) is 0. The van der Waals surface area contributed by atoms with Crippen molar-refractivity contribution in [1.29, 1.82) is 0 Å². The molecule has 0 fully saturated rings. The van der Waals surface area contributed by atoms with Crippen molar-refractivity contribution in [2.24, 2.45) is 0 Å². The lowest BCUT2D eigenvalue weighted by Gasteiger charge is -2.34. The number of hydrogen-bond donors (Lipinski definition) is 0. The first-order chi connectivity index (χ1) is 25.2. The number of unbranched alkanes of at least 4 members (excludes halogenated alkanes) is 8. The normalized spacial score (nSPS) is 12.9. The molecule has 0 aromatic carbocycles. The summed E-state index contributed by atoms with van der Waals surface area (Å²) in [5.41, 5.74) is 0. The Kier molecular flexibility index (Phi) is 31.9. The summed E-state index contributed by atoms with van der Waals surface area (Å²) in [5.74, 6) is 0. The zero-order valence-electron chi connectivity index (χ0n) is 37.5. The van der Waals surface area contributed by atoms with E-state index in [1.165, 1.54) is 125 Å². The molecule has 1 aromatic rings. The van der Waals surface area contributed by atoms with Gasteiger partial charge in [-0.15, -0.1) is 11.3 Å². The summed E-state index contributed by atoms with van der Waals surface area (Å²) in [7, 11) is 0.154. The molecular formula is C43H90OSSi8. The molecule has 0 saturated heterocycles. The van der Waals surface area contributed by atoms with Crippen LogP contribution in [-0.4, -0.2) is 70.9 Å². The van der Waals surface area contributed by atoms with Crippen LogP contribution >= 0.6 is 11.3 Å². The van der Waals surface area contributed by atoms with Gasteiger partial charge >= 0.3 is 0 Å². The Balaban J connectivity index is 2.01. The van der Waals surface area contributed by atoms with E-state index in [0.717, 1.165) is 0 Å². The van der Waals surface area contributed by atoms with Crippen molar-refractivity contribution in [2.75, 3.05) is 0 Å². The minimum Gasteiger partial charge on any atom is -0.455 e. The van der Waals surface area contributed by atoms with Crippen LogP contribution in [0, 0.1) is 6.92 Å². The van der Waals surface area contributed by atoms with E-state index in [0.29, 0.717) is 0 Å². The largest absolute Gasteiger partial charge is 0.455 e. The van der Waals surface area contributed by atoms with E-state index in [9.17, 15) is 0 Å². The van der Waals surface area contributed by atoms with Crippen molar-refractivity contribution >= 4 is 82.2 Å². The summed E-state index contributed by atoms with van der Waals surface area (Å²) in [6.45, 7) is 25.4. The Morgan fingerprint density at radius 2 is 0.811 bits per heavy atom. The fourth-order valence-electron chi connectivity index (χ4n) is 8.16. The van der Waals surface area contributed by atoms with Crippen molar-refractivity contribution in [2.45, 2.75) is 247 Å². The second kappa shape index (κ2) is 32.3. The lowest BCUT2D eigenvalue weighted by Crippen LogP contribution is -2.44. The van der Waals surface area contributed by atoms with Gasteiger partial charge in [0.2, 0.25) is 0 Å². The zero-order chi connectivity index (χ0) is 39.4. The molecule has 0 N–H and O–H groups in total. The Hall–Kier alpha value is 1.40. The third kappa shape index (κ3) is 32.0. The van der Waals surface area contributed by atoms with E-state index in [1.54, 1.807) is 66.1 Å². The maximum absolute atomic E-state index is 7.05. The molecular weight excluding hydrogens is 789 g/mol. The zero-order valence-corrected chi connectivity index (χ0v) is 46.3. The highest BCUT2D eigenvalue weighted by molar-refractivity contribution is 7.11. The monoisotopic (exact) mass is 878 g/mol. The van der Waals surface area contributed by atoms with Crippen molar-refractivity contribution in [3.63, 3.8) is 0 Å². The second-order valence-corrected chi connectivity index (χ2v) is 44.0. The van der Waals surface area contributed by atoms with Gasteiger partial charge in [0.05, 0.1) is 0 Å². The molecule has 0 unspecified atom stereocenters. The number of thiophene rings is 1. The molecule has 53 heavy (non-hydrogen) atoms. The van der Waals surface area contributed by atoms with E-state index >= 15 is 0 Å². The molecule has 10 heteroatoms. The van der Waals surface area contributed by atoms with Crippen LogP contribution in [0.1, 0.15) is 106 Å². The van der Waals surface area contributed by atoms with Crippen molar-refractivity contribution in [1.82, 2.24) is 0 Å². The molecule has 0 bridgehead atoms. The first-order valence-corrected chi connectivity index (χ1v) is 42.5. The maximum Gasteiger partial charge on any atom is 0.173 e. The summed E-state index contributed by atoms with van der Waals surface area (Å²) < 4.78 is 7.05. The summed E-state index contributed by atoms with van der Waals surface area (Å²) in [4.78, 5) is 3.04. The van der Waals surface area contributed by atoms with Gasteiger partial charge in [0, 0.05) is 64.0 Å². The van der Waals surface area contributed by atoms with Crippen LogP contribution in [0.2, 0.25) is 137 Å². The van der Waals surface area contributed by atoms with Crippen molar-refractivity contribution in [3.8, 4) is 0 Å². The van der Waals surface area contributed by atoms with Crippen LogP contribution in [0.3, 0.4) is 0 Å². The van der Waals surface area contributed by atoms with Gasteiger partial charge in [-0.25, -0.2) is 0 Å². The van der Waals surface area contributed by atoms with Crippen molar-refractivity contribution in [3.05, 3.63) is 21.9 Å². The maximum atomic E-state index is 7.05. The fraction of sp³-hybridized carbons (Fsp3) is 0.907. The van der Waals surface area contributed by atoms with Crippen molar-refractivity contribution < 1.29 is 4.12 Å². The van der Waals surface area contributed by atoms with E-state index in [-0.39, 0.29) is 44.0 Å². The highest BCUT2D eigenvalue weighted by atomic mass is 32.1. The molecule has 0 saturated carbocycles. The Morgan fingerprint density at radius 3 is 1.19 bits per heavy atom. The molecule has 1 nitrogen and oxygen atoms in total. The third-order valence-electron chi connectivity index (χ3n) is 11.5. The summed E-state index contributed by atoms with van der Waals surface area (Å²) in [6, 6.07) is 24.2. The van der Waals surface area contributed by atoms with Gasteiger partial charge < -0.3 is 4.12 Å². The molecule has 0 aliphatic rings. The van der Waals surface area contributed by atoms with Crippen LogP contribution in [0.15, 0.2) is 12.1 Å². The predicted molar refractivity (Wildman–Crippen MR) is 264 cm³/mol. The quantitative estimate of drug-likeness (QED) is 0.0478. The topological polar surface area (TPSA) is 9.23 Å². The highest BCUT2D eigenvalue weighted by Gasteiger charge is 2.32. The van der Waals surface area contributed by atoms with Gasteiger partial charge in [0.15, 0.2) is 16.6 Å². The first kappa shape index (κ1) is 52.4. The van der Waals surface area contributed by atoms with Crippen LogP contribution in [0.25, 0.3) is 0 Å². The SMILES string of the molecule is Cc1ccc(CCCCCCCCCCC[Si](C)(C)O[Si](C)(C)CCC[Si](C)CCC[Si](C)CCC[Si](C)CCC[Si](C)CCC[Si](C)CCC[Si])s1. The molecule has 0 aliphatic heterocycles. The molecule has 0 amide bonds. The third-order valence-corrected chi connectivity index (χ3v) is 32.6. The van der Waals surface area contributed by atoms with Gasteiger partial charge in [0.25, 0.3) is 0 Å². The standard InChI is InChI=1S/C43H90OSSi8/c1-42-27-28-43(45-42)26-18-16-14-12-11-13-15-17-19-40-52(7,8)44-53(9,10)41-25-39-51(6)38-24-37-50(5)36-23-35-49(4)34-22-33-48(3)32-21-31-47(2)30-20-29-46/h27-28H,11-26,29-41H2,1-10H3. The van der Waals surface area contributed by atoms with Gasteiger partial charge in [-0.3, -0.25) is 0 Å². The summed E-state index contributed by atoms with van der Waals surface area (Å²) in [6.07, 6.45) is 23.1. The Morgan fingerprint density at radius 1 is 0.472 bits per heavy atom. The molecule has 1 rings (SSSR count). The lowest BCUT2D eigenvalue weighted by molar-refractivity contribution is 0.523. The van der Waals surface area contributed by atoms with Gasteiger partial charge in [0.1, 0.15) is 0 Å². The molecule has 1 heterocycles. The predicted octanol–water partition coefficient (Wildman–Crippen LogP) is 16.1. The number of aryl methyl sites for hydroxylation is 2. The molecule has 306 valence electrons. The number of hydrogen-bond acceptors (Lipinski definition) is 2. The van der Waals surface area contributed by atoms with E-state index in [2.05, 4.69) is 88.2 Å². The smallest absolute Gasteiger partial charge is 0.173 e. The fourth-order valence-corrected chi connectivity index (χ4v) is 29.4. The Bertz CT molecular complexity index is 976. The van der Waals surface area contributed by atoms with Gasteiger partial charge in [-0.1, -0.05) is 189 Å². The average Bonchev–Trinajstić information content (AvgIpc) is 3.50. The van der Waals surface area contributed by atoms with E-state index in [1.807, 2.05) is 11.3 Å². The van der Waals surface area contributed by atoms with Crippen LogP contribution in [0.4, 0.5) is 0 Å².